The first-order valence-corrected chi connectivity index (χ1v) is 7.17. The summed E-state index contributed by atoms with van der Waals surface area (Å²) in [5, 5.41) is 9.60. The van der Waals surface area contributed by atoms with Crippen molar-refractivity contribution in [2.45, 2.75) is 38.1 Å². The molecule has 0 amide bonds. The summed E-state index contributed by atoms with van der Waals surface area (Å²) >= 11 is 0. The Hall–Kier alpha value is -0.860. The van der Waals surface area contributed by atoms with Crippen LogP contribution in [0.4, 0.5) is 0 Å². The maximum Gasteiger partial charge on any atom is 0.0628 e. The Kier molecular flexibility index (Phi) is 5.21. The molecule has 0 aliphatic heterocycles. The second kappa shape index (κ2) is 6.91. The van der Waals surface area contributed by atoms with E-state index in [1.807, 2.05) is 18.2 Å². The molecular weight excluding hydrogens is 222 g/mol. The molecule has 2 nitrogen and oxygen atoms in total. The molecule has 2 rings (SSSR count). The van der Waals surface area contributed by atoms with Crippen LogP contribution in [0.3, 0.4) is 0 Å². The average molecular weight is 247 g/mol. The van der Waals surface area contributed by atoms with Crippen LogP contribution < -0.4 is 0 Å². The Morgan fingerprint density at radius 3 is 2.50 bits per heavy atom. The fourth-order valence-electron chi connectivity index (χ4n) is 3.02. The lowest BCUT2D eigenvalue weighted by atomic mass is 10.0. The van der Waals surface area contributed by atoms with Crippen molar-refractivity contribution < 1.29 is 5.11 Å². The quantitative estimate of drug-likeness (QED) is 0.834. The van der Waals surface area contributed by atoms with Gasteiger partial charge in [-0.25, -0.2) is 0 Å². The molecule has 1 aromatic rings. The van der Waals surface area contributed by atoms with Crippen molar-refractivity contribution in [1.82, 2.24) is 4.90 Å². The highest BCUT2D eigenvalue weighted by Crippen LogP contribution is 2.28. The van der Waals surface area contributed by atoms with Crippen molar-refractivity contribution in [3.63, 3.8) is 0 Å². The van der Waals surface area contributed by atoms with E-state index in [1.54, 1.807) is 0 Å². The van der Waals surface area contributed by atoms with Crippen molar-refractivity contribution in [2.75, 3.05) is 20.2 Å². The van der Waals surface area contributed by atoms with Crippen LogP contribution in [0.1, 0.15) is 43.7 Å². The Bertz CT molecular complexity index is 332. The van der Waals surface area contributed by atoms with E-state index >= 15 is 0 Å². The van der Waals surface area contributed by atoms with Gasteiger partial charge in [-0.1, -0.05) is 56.0 Å². The zero-order valence-electron chi connectivity index (χ0n) is 11.4. The van der Waals surface area contributed by atoms with Gasteiger partial charge in [0.05, 0.1) is 12.6 Å². The monoisotopic (exact) mass is 247 g/mol. The highest BCUT2D eigenvalue weighted by Gasteiger charge is 2.19. The molecule has 0 saturated heterocycles. The highest BCUT2D eigenvalue weighted by molar-refractivity contribution is 5.18. The van der Waals surface area contributed by atoms with E-state index in [9.17, 15) is 5.11 Å². The molecule has 0 radical (unpaired) electrons. The van der Waals surface area contributed by atoms with Gasteiger partial charge in [0.2, 0.25) is 0 Å². The van der Waals surface area contributed by atoms with Gasteiger partial charge in [0.25, 0.3) is 0 Å². The Labute approximate surface area is 111 Å². The van der Waals surface area contributed by atoms with Gasteiger partial charge in [0, 0.05) is 0 Å². The Morgan fingerprint density at radius 2 is 1.89 bits per heavy atom. The Morgan fingerprint density at radius 1 is 1.22 bits per heavy atom. The van der Waals surface area contributed by atoms with Crippen LogP contribution in [-0.2, 0) is 0 Å². The number of benzene rings is 1. The van der Waals surface area contributed by atoms with Crippen LogP contribution in [0.25, 0.3) is 0 Å². The molecule has 1 fully saturated rings. The molecule has 100 valence electrons. The minimum Gasteiger partial charge on any atom is -0.394 e. The van der Waals surface area contributed by atoms with E-state index in [2.05, 4.69) is 24.1 Å². The first kappa shape index (κ1) is 13.6. The van der Waals surface area contributed by atoms with Gasteiger partial charge in [0.15, 0.2) is 0 Å². The zero-order valence-corrected chi connectivity index (χ0v) is 11.4. The third kappa shape index (κ3) is 3.56. The molecule has 1 unspecified atom stereocenters. The lowest BCUT2D eigenvalue weighted by Gasteiger charge is -2.27. The number of aliphatic hydroxyl groups excluding tert-OH is 1. The van der Waals surface area contributed by atoms with Crippen molar-refractivity contribution in [1.29, 1.82) is 0 Å². The van der Waals surface area contributed by atoms with E-state index < -0.39 is 0 Å². The summed E-state index contributed by atoms with van der Waals surface area (Å²) in [6.45, 7) is 1.29. The van der Waals surface area contributed by atoms with Crippen molar-refractivity contribution in [3.05, 3.63) is 35.9 Å². The summed E-state index contributed by atoms with van der Waals surface area (Å²) in [5.41, 5.74) is 1.22. The van der Waals surface area contributed by atoms with Gasteiger partial charge in [-0.2, -0.15) is 0 Å². The van der Waals surface area contributed by atoms with Gasteiger partial charge in [-0.15, -0.1) is 0 Å². The van der Waals surface area contributed by atoms with E-state index in [0.717, 1.165) is 12.5 Å². The van der Waals surface area contributed by atoms with Crippen molar-refractivity contribution >= 4 is 0 Å². The van der Waals surface area contributed by atoms with Crippen LogP contribution in [0.15, 0.2) is 30.3 Å². The predicted molar refractivity (Wildman–Crippen MR) is 75.5 cm³/mol. The fourth-order valence-corrected chi connectivity index (χ4v) is 3.02. The largest absolute Gasteiger partial charge is 0.394 e. The minimum absolute atomic E-state index is 0.146. The molecule has 0 spiro atoms. The molecule has 0 heterocycles. The van der Waals surface area contributed by atoms with E-state index in [-0.39, 0.29) is 12.6 Å². The molecule has 2 heteroatoms. The second-order valence-corrected chi connectivity index (χ2v) is 5.53. The summed E-state index contributed by atoms with van der Waals surface area (Å²) in [7, 11) is 2.13. The summed E-state index contributed by atoms with van der Waals surface area (Å²) in [4.78, 5) is 2.30. The summed E-state index contributed by atoms with van der Waals surface area (Å²) in [5.74, 6) is 0.919. The molecule has 0 aromatic heterocycles. The average Bonchev–Trinajstić information content (AvgIpc) is 2.92. The Balaban J connectivity index is 1.87. The third-order valence-corrected chi connectivity index (χ3v) is 4.25. The van der Waals surface area contributed by atoms with E-state index in [1.165, 1.54) is 37.7 Å². The van der Waals surface area contributed by atoms with E-state index in [0.29, 0.717) is 0 Å². The minimum atomic E-state index is 0.146. The SMILES string of the molecule is CN(CCC1CCCC1)C(CO)c1ccccc1. The van der Waals surface area contributed by atoms with Gasteiger partial charge >= 0.3 is 0 Å². The van der Waals surface area contributed by atoms with Crippen LogP contribution in [0.2, 0.25) is 0 Å². The zero-order chi connectivity index (χ0) is 12.8. The molecule has 1 atom stereocenters. The fraction of sp³-hybridized carbons (Fsp3) is 0.625. The smallest absolute Gasteiger partial charge is 0.0628 e. The number of hydrogen-bond donors (Lipinski definition) is 1. The summed E-state index contributed by atoms with van der Waals surface area (Å²) in [6.07, 6.45) is 6.92. The molecule has 1 aliphatic carbocycles. The number of rotatable bonds is 6. The van der Waals surface area contributed by atoms with Crippen molar-refractivity contribution in [2.24, 2.45) is 5.92 Å². The molecule has 0 bridgehead atoms. The van der Waals surface area contributed by atoms with E-state index in [4.69, 9.17) is 0 Å². The van der Waals surface area contributed by atoms with Gasteiger partial charge in [-0.3, -0.25) is 4.90 Å². The standard InChI is InChI=1S/C16H25NO/c1-17(12-11-14-7-5-6-8-14)16(13-18)15-9-3-2-4-10-15/h2-4,9-10,14,16,18H,5-8,11-13H2,1H3. The third-order valence-electron chi connectivity index (χ3n) is 4.25. The first-order valence-electron chi connectivity index (χ1n) is 7.17. The lowest BCUT2D eigenvalue weighted by molar-refractivity contribution is 0.141. The van der Waals surface area contributed by atoms with Gasteiger partial charge in [0.1, 0.15) is 0 Å². The first-order chi connectivity index (χ1) is 8.81. The molecule has 18 heavy (non-hydrogen) atoms. The number of hydrogen-bond acceptors (Lipinski definition) is 2. The van der Waals surface area contributed by atoms with Crippen LogP contribution >= 0.6 is 0 Å². The highest BCUT2D eigenvalue weighted by atomic mass is 16.3. The number of nitrogens with zero attached hydrogens (tertiary/aromatic N) is 1. The van der Waals surface area contributed by atoms with Gasteiger partial charge < -0.3 is 5.11 Å². The maximum atomic E-state index is 9.60. The summed E-state index contributed by atoms with van der Waals surface area (Å²) < 4.78 is 0. The van der Waals surface area contributed by atoms with Gasteiger partial charge in [-0.05, 0) is 31.5 Å². The number of likely N-dealkylation sites (N-methyl/N-ethyl adjacent to an activating group) is 1. The lowest BCUT2D eigenvalue weighted by Crippen LogP contribution is -2.29. The molecule has 1 aliphatic rings. The normalized spacial score (nSPS) is 18.4. The van der Waals surface area contributed by atoms with Crippen LogP contribution in [-0.4, -0.2) is 30.2 Å². The molecular formula is C16H25NO. The predicted octanol–water partition coefficient (Wildman–Crippen LogP) is 3.23. The molecule has 1 saturated carbocycles. The second-order valence-electron chi connectivity index (χ2n) is 5.53. The molecule has 1 aromatic carbocycles. The number of aliphatic hydroxyl groups is 1. The summed E-state index contributed by atoms with van der Waals surface area (Å²) in [6, 6.07) is 10.5. The maximum absolute atomic E-state index is 9.60. The van der Waals surface area contributed by atoms with Crippen molar-refractivity contribution in [3.8, 4) is 0 Å². The topological polar surface area (TPSA) is 23.5 Å². The molecule has 1 N–H and O–H groups in total. The van der Waals surface area contributed by atoms with Crippen LogP contribution in [0, 0.1) is 5.92 Å². The van der Waals surface area contributed by atoms with Crippen LogP contribution in [0.5, 0.6) is 0 Å².